The van der Waals surface area contributed by atoms with Gasteiger partial charge in [-0.2, -0.15) is 0 Å². The van der Waals surface area contributed by atoms with Crippen molar-refractivity contribution in [2.45, 2.75) is 65.0 Å². The minimum absolute atomic E-state index is 0.228. The van der Waals surface area contributed by atoms with Gasteiger partial charge in [0, 0.05) is 6.61 Å². The monoisotopic (exact) mass is 348 g/mol. The highest BCUT2D eigenvalue weighted by molar-refractivity contribution is 5.26. The molecule has 1 heterocycles. The van der Waals surface area contributed by atoms with Gasteiger partial charge in [0.2, 0.25) is 0 Å². The van der Waals surface area contributed by atoms with E-state index in [1.165, 1.54) is 11.1 Å². The molecule has 1 saturated heterocycles. The van der Waals surface area contributed by atoms with E-state index in [1.54, 1.807) is 7.11 Å². The Morgan fingerprint density at radius 3 is 2.68 bits per heavy atom. The van der Waals surface area contributed by atoms with Gasteiger partial charge in [-0.25, -0.2) is 0 Å². The highest BCUT2D eigenvalue weighted by Crippen LogP contribution is 2.25. The molecule has 0 unspecified atom stereocenters. The van der Waals surface area contributed by atoms with Crippen LogP contribution in [-0.4, -0.2) is 32.2 Å². The zero-order valence-electron chi connectivity index (χ0n) is 16.0. The molecule has 0 bridgehead atoms. The summed E-state index contributed by atoms with van der Waals surface area (Å²) < 4.78 is 22.3. The van der Waals surface area contributed by atoms with Crippen LogP contribution >= 0.6 is 0 Å². The van der Waals surface area contributed by atoms with Crippen LogP contribution in [0.15, 0.2) is 35.9 Å². The fourth-order valence-corrected chi connectivity index (χ4v) is 2.84. The maximum absolute atomic E-state index is 5.84. The van der Waals surface area contributed by atoms with Gasteiger partial charge in [0.1, 0.15) is 5.75 Å². The molecular formula is C21H32O4. The summed E-state index contributed by atoms with van der Waals surface area (Å²) in [5.74, 6) is 0.464. The van der Waals surface area contributed by atoms with Crippen molar-refractivity contribution in [3.8, 4) is 5.75 Å². The van der Waals surface area contributed by atoms with Gasteiger partial charge in [-0.1, -0.05) is 23.8 Å². The fourth-order valence-electron chi connectivity index (χ4n) is 2.84. The second kappa shape index (κ2) is 9.95. The second-order valence-electron chi connectivity index (χ2n) is 7.08. The lowest BCUT2D eigenvalue weighted by molar-refractivity contribution is -0.138. The first kappa shape index (κ1) is 20.0. The van der Waals surface area contributed by atoms with Crippen LogP contribution in [0.2, 0.25) is 0 Å². The first-order valence-corrected chi connectivity index (χ1v) is 9.16. The van der Waals surface area contributed by atoms with E-state index in [1.807, 2.05) is 38.1 Å². The molecule has 0 aromatic heterocycles. The minimum atomic E-state index is -0.413. The lowest BCUT2D eigenvalue weighted by Gasteiger charge is -2.17. The Morgan fingerprint density at radius 1 is 1.28 bits per heavy atom. The molecule has 0 amide bonds. The molecule has 140 valence electrons. The summed E-state index contributed by atoms with van der Waals surface area (Å²) in [6, 6.07) is 8.01. The molecule has 1 aliphatic heterocycles. The third kappa shape index (κ3) is 7.59. The number of methoxy groups -OCH3 is 1. The van der Waals surface area contributed by atoms with Crippen LogP contribution in [0.3, 0.4) is 0 Å². The molecule has 0 radical (unpaired) electrons. The van der Waals surface area contributed by atoms with Crippen LogP contribution in [0.4, 0.5) is 0 Å². The van der Waals surface area contributed by atoms with Crippen LogP contribution in [0.1, 0.15) is 52.0 Å². The topological polar surface area (TPSA) is 36.9 Å². The van der Waals surface area contributed by atoms with Crippen molar-refractivity contribution < 1.29 is 18.9 Å². The first-order chi connectivity index (χ1) is 12.0. The zero-order valence-corrected chi connectivity index (χ0v) is 16.0. The molecular weight excluding hydrogens is 316 g/mol. The van der Waals surface area contributed by atoms with Gasteiger partial charge in [-0.05, 0) is 64.2 Å². The Labute approximate surface area is 152 Å². The van der Waals surface area contributed by atoms with Crippen molar-refractivity contribution in [2.75, 3.05) is 20.3 Å². The van der Waals surface area contributed by atoms with Crippen LogP contribution in [0.5, 0.6) is 5.75 Å². The molecule has 0 saturated carbocycles. The highest BCUT2D eigenvalue weighted by Gasteiger charge is 2.31. The molecule has 0 N–H and O–H groups in total. The number of hydrogen-bond acceptors (Lipinski definition) is 4. The Morgan fingerprint density at radius 2 is 2.04 bits per heavy atom. The van der Waals surface area contributed by atoms with Gasteiger partial charge < -0.3 is 18.9 Å². The Kier molecular flexibility index (Phi) is 7.94. The number of rotatable bonds is 10. The predicted molar refractivity (Wildman–Crippen MR) is 99.8 cm³/mol. The third-order valence-electron chi connectivity index (χ3n) is 4.34. The van der Waals surface area contributed by atoms with Crippen molar-refractivity contribution in [1.82, 2.24) is 0 Å². The van der Waals surface area contributed by atoms with Gasteiger partial charge in [0.15, 0.2) is 5.79 Å². The smallest absolute Gasteiger partial charge is 0.163 e. The van der Waals surface area contributed by atoms with E-state index in [2.05, 4.69) is 13.0 Å². The van der Waals surface area contributed by atoms with Crippen LogP contribution < -0.4 is 4.74 Å². The largest absolute Gasteiger partial charge is 0.497 e. The summed E-state index contributed by atoms with van der Waals surface area (Å²) in [6.45, 7) is 8.28. The van der Waals surface area contributed by atoms with E-state index in [0.717, 1.165) is 38.0 Å². The molecule has 1 aromatic rings. The molecule has 4 nitrogen and oxygen atoms in total. The summed E-state index contributed by atoms with van der Waals surface area (Å²) in [5, 5.41) is 0. The number of unbranched alkanes of at least 4 members (excludes halogenated alkanes) is 1. The average molecular weight is 348 g/mol. The normalized spacial score (nSPS) is 20.0. The number of allylic oxidation sites excluding steroid dienone is 2. The number of ether oxygens (including phenoxy) is 4. The number of benzene rings is 1. The predicted octanol–water partition coefficient (Wildman–Crippen LogP) is 4.87. The first-order valence-electron chi connectivity index (χ1n) is 9.16. The Hall–Kier alpha value is -1.36. The molecule has 25 heavy (non-hydrogen) atoms. The van der Waals surface area contributed by atoms with E-state index >= 15 is 0 Å². The summed E-state index contributed by atoms with van der Waals surface area (Å²) in [4.78, 5) is 0. The summed E-state index contributed by atoms with van der Waals surface area (Å²) in [5.41, 5.74) is 2.60. The van der Waals surface area contributed by atoms with Crippen molar-refractivity contribution in [2.24, 2.45) is 0 Å². The maximum Gasteiger partial charge on any atom is 0.163 e. The molecule has 1 aromatic carbocycles. The van der Waals surface area contributed by atoms with E-state index in [9.17, 15) is 0 Å². The molecule has 1 fully saturated rings. The Bertz CT molecular complexity index is 533. The maximum atomic E-state index is 5.84. The van der Waals surface area contributed by atoms with Crippen LogP contribution in [0.25, 0.3) is 0 Å². The van der Waals surface area contributed by atoms with Crippen molar-refractivity contribution in [3.63, 3.8) is 0 Å². The zero-order chi connectivity index (χ0) is 18.1. The van der Waals surface area contributed by atoms with E-state index in [-0.39, 0.29) is 6.10 Å². The average Bonchev–Trinajstić information content (AvgIpc) is 2.95. The highest BCUT2D eigenvalue weighted by atomic mass is 16.7. The SMILES string of the molecule is COc1ccc(COCCC/C=C(\C)CC[C@H]2COC(C)(C)O2)cc1. The summed E-state index contributed by atoms with van der Waals surface area (Å²) in [7, 11) is 1.68. The van der Waals surface area contributed by atoms with E-state index < -0.39 is 5.79 Å². The van der Waals surface area contributed by atoms with E-state index in [0.29, 0.717) is 13.2 Å². The molecule has 1 atom stereocenters. The molecule has 0 aliphatic carbocycles. The lowest BCUT2D eigenvalue weighted by atomic mass is 10.1. The van der Waals surface area contributed by atoms with Gasteiger partial charge in [-0.3, -0.25) is 0 Å². The molecule has 2 rings (SSSR count). The molecule has 1 aliphatic rings. The molecule has 0 spiro atoms. The Balaban J connectivity index is 1.53. The lowest BCUT2D eigenvalue weighted by Crippen LogP contribution is -2.21. The van der Waals surface area contributed by atoms with Gasteiger partial charge in [0.05, 0.1) is 26.4 Å². The van der Waals surface area contributed by atoms with Crippen molar-refractivity contribution in [1.29, 1.82) is 0 Å². The standard InChI is InChI=1S/C21H32O4/c1-17(8-11-20-16-24-21(2,3)25-20)7-5-6-14-23-15-18-9-12-19(22-4)13-10-18/h7,9-10,12-13,20H,5-6,8,11,14-16H2,1-4H3/b17-7+/t20-/m0/s1. The number of hydrogen-bond donors (Lipinski definition) is 0. The van der Waals surface area contributed by atoms with E-state index in [4.69, 9.17) is 18.9 Å². The second-order valence-corrected chi connectivity index (χ2v) is 7.08. The van der Waals surface area contributed by atoms with Crippen molar-refractivity contribution in [3.05, 3.63) is 41.5 Å². The summed E-state index contributed by atoms with van der Waals surface area (Å²) in [6.07, 6.45) is 6.74. The third-order valence-corrected chi connectivity index (χ3v) is 4.34. The van der Waals surface area contributed by atoms with Crippen molar-refractivity contribution >= 4 is 0 Å². The van der Waals surface area contributed by atoms with Crippen LogP contribution in [-0.2, 0) is 20.8 Å². The minimum Gasteiger partial charge on any atom is -0.497 e. The molecule has 4 heteroatoms. The quantitative estimate of drug-likeness (QED) is 0.446. The van der Waals surface area contributed by atoms with Crippen LogP contribution in [0, 0.1) is 0 Å². The van der Waals surface area contributed by atoms with Gasteiger partial charge in [0.25, 0.3) is 0 Å². The van der Waals surface area contributed by atoms with Gasteiger partial charge >= 0.3 is 0 Å². The van der Waals surface area contributed by atoms with Gasteiger partial charge in [-0.15, -0.1) is 0 Å². The fraction of sp³-hybridized carbons (Fsp3) is 0.619. The summed E-state index contributed by atoms with van der Waals surface area (Å²) >= 11 is 0.